The van der Waals surface area contributed by atoms with E-state index in [1.54, 1.807) is 0 Å². The molecule has 0 saturated carbocycles. The molecule has 118 valence electrons. The van der Waals surface area contributed by atoms with Crippen molar-refractivity contribution >= 4 is 5.91 Å². The van der Waals surface area contributed by atoms with E-state index in [9.17, 15) is 4.79 Å². The number of aryl methyl sites for hydroxylation is 1. The third kappa shape index (κ3) is 3.88. The Labute approximate surface area is 127 Å². The molecule has 2 N–H and O–H groups in total. The van der Waals surface area contributed by atoms with Crippen molar-refractivity contribution in [2.45, 2.75) is 53.5 Å². The molecule has 1 aromatic heterocycles. The predicted octanol–water partition coefficient (Wildman–Crippen LogP) is 2.96. The molecule has 0 bridgehead atoms. The summed E-state index contributed by atoms with van der Waals surface area (Å²) in [5, 5.41) is 6.44. The third-order valence-corrected chi connectivity index (χ3v) is 4.20. The normalized spacial score (nSPS) is 21.7. The van der Waals surface area contributed by atoms with E-state index in [2.05, 4.69) is 37.5 Å². The fourth-order valence-corrected chi connectivity index (χ4v) is 3.08. The first-order valence-corrected chi connectivity index (χ1v) is 7.92. The Morgan fingerprint density at radius 3 is 2.90 bits per heavy atom. The van der Waals surface area contributed by atoms with Gasteiger partial charge in [0.2, 0.25) is 5.91 Å². The lowest BCUT2D eigenvalue weighted by Gasteiger charge is -2.35. The van der Waals surface area contributed by atoms with E-state index in [0.29, 0.717) is 0 Å². The highest BCUT2D eigenvalue weighted by atomic mass is 16.3. The van der Waals surface area contributed by atoms with Gasteiger partial charge >= 0.3 is 0 Å². The molecule has 4 nitrogen and oxygen atoms in total. The van der Waals surface area contributed by atoms with Gasteiger partial charge in [0, 0.05) is 24.4 Å². The van der Waals surface area contributed by atoms with Crippen molar-refractivity contribution in [3.8, 4) is 0 Å². The topological polar surface area (TPSA) is 54.3 Å². The van der Waals surface area contributed by atoms with Gasteiger partial charge in [0.05, 0.1) is 6.04 Å². The van der Waals surface area contributed by atoms with Crippen molar-refractivity contribution in [3.63, 3.8) is 0 Å². The van der Waals surface area contributed by atoms with Crippen molar-refractivity contribution in [1.82, 2.24) is 10.6 Å². The summed E-state index contributed by atoms with van der Waals surface area (Å²) in [6.45, 7) is 12.1. The molecular weight excluding hydrogens is 264 g/mol. The summed E-state index contributed by atoms with van der Waals surface area (Å²) in [7, 11) is 0. The molecule has 0 fully saturated rings. The predicted molar refractivity (Wildman–Crippen MR) is 84.1 cm³/mol. The molecule has 1 aliphatic rings. The first-order chi connectivity index (χ1) is 9.82. The molecule has 1 heterocycles. The van der Waals surface area contributed by atoms with E-state index in [4.69, 9.17) is 4.42 Å². The molecule has 2 unspecified atom stereocenters. The van der Waals surface area contributed by atoms with Crippen LogP contribution in [0, 0.1) is 18.3 Å². The zero-order valence-electron chi connectivity index (χ0n) is 13.9. The minimum Gasteiger partial charge on any atom is -0.466 e. The van der Waals surface area contributed by atoms with Gasteiger partial charge in [0.15, 0.2) is 0 Å². The molecule has 4 heteroatoms. The monoisotopic (exact) mass is 292 g/mol. The van der Waals surface area contributed by atoms with Gasteiger partial charge in [-0.1, -0.05) is 27.7 Å². The van der Waals surface area contributed by atoms with Crippen LogP contribution in [0.1, 0.15) is 57.2 Å². The maximum Gasteiger partial charge on any atom is 0.224 e. The van der Waals surface area contributed by atoms with Crippen LogP contribution in [0.25, 0.3) is 0 Å². The molecular formula is C17H28N2O2. The Morgan fingerprint density at radius 2 is 2.24 bits per heavy atom. The first-order valence-electron chi connectivity index (χ1n) is 7.92. The van der Waals surface area contributed by atoms with Crippen LogP contribution in [0.15, 0.2) is 10.5 Å². The van der Waals surface area contributed by atoms with Crippen LogP contribution in [0.4, 0.5) is 0 Å². The quantitative estimate of drug-likeness (QED) is 0.877. The maximum atomic E-state index is 12.4. The fraction of sp³-hybridized carbons (Fsp3) is 0.706. The van der Waals surface area contributed by atoms with Gasteiger partial charge in [-0.3, -0.25) is 4.79 Å². The van der Waals surface area contributed by atoms with Gasteiger partial charge in [0.1, 0.15) is 11.5 Å². The fourth-order valence-electron chi connectivity index (χ4n) is 3.08. The van der Waals surface area contributed by atoms with E-state index in [1.807, 2.05) is 13.8 Å². The Morgan fingerprint density at radius 1 is 1.52 bits per heavy atom. The summed E-state index contributed by atoms with van der Waals surface area (Å²) >= 11 is 0. The van der Waals surface area contributed by atoms with Gasteiger partial charge in [-0.25, -0.2) is 0 Å². The molecule has 2 atom stereocenters. The summed E-state index contributed by atoms with van der Waals surface area (Å²) in [5.74, 6) is 2.06. The molecule has 0 radical (unpaired) electrons. The lowest BCUT2D eigenvalue weighted by atomic mass is 9.74. The van der Waals surface area contributed by atoms with Crippen LogP contribution in [-0.4, -0.2) is 19.0 Å². The van der Waals surface area contributed by atoms with E-state index < -0.39 is 0 Å². The molecule has 1 aliphatic carbocycles. The smallest absolute Gasteiger partial charge is 0.224 e. The number of fused-ring (bicyclic) bond motifs is 1. The zero-order valence-corrected chi connectivity index (χ0v) is 13.9. The minimum atomic E-state index is -0.0218. The average molecular weight is 292 g/mol. The van der Waals surface area contributed by atoms with Crippen molar-refractivity contribution in [3.05, 3.63) is 23.2 Å². The van der Waals surface area contributed by atoms with E-state index in [-0.39, 0.29) is 23.3 Å². The average Bonchev–Trinajstić information content (AvgIpc) is 2.74. The number of amides is 1. The molecule has 21 heavy (non-hydrogen) atoms. The number of carbonyl (C=O) groups excluding carboxylic acids is 1. The highest BCUT2D eigenvalue weighted by Crippen LogP contribution is 2.42. The Bertz CT molecular complexity index is 505. The van der Waals surface area contributed by atoms with Crippen LogP contribution in [-0.2, 0) is 11.2 Å². The summed E-state index contributed by atoms with van der Waals surface area (Å²) in [4.78, 5) is 12.4. The molecule has 0 spiro atoms. The van der Waals surface area contributed by atoms with Crippen LogP contribution in [0.2, 0.25) is 0 Å². The standard InChI is InChI=1S/C17H28N2O2/c1-6-18-10-11(2)16(20)19-14-8-17(4,5)9-15-13(14)7-12(3)21-15/h7,11,14,18H,6,8-10H2,1-5H3,(H,19,20). The van der Waals surface area contributed by atoms with Crippen molar-refractivity contribution in [1.29, 1.82) is 0 Å². The molecule has 0 saturated heterocycles. The largest absolute Gasteiger partial charge is 0.466 e. The van der Waals surface area contributed by atoms with Crippen LogP contribution >= 0.6 is 0 Å². The number of nitrogens with one attached hydrogen (secondary N) is 2. The molecule has 1 aromatic rings. The SMILES string of the molecule is CCNCC(C)C(=O)NC1CC(C)(C)Cc2oc(C)cc21. The summed E-state index contributed by atoms with van der Waals surface area (Å²) in [5.41, 5.74) is 1.32. The number of furan rings is 1. The van der Waals surface area contributed by atoms with Crippen molar-refractivity contribution in [2.24, 2.45) is 11.3 Å². The van der Waals surface area contributed by atoms with Gasteiger partial charge < -0.3 is 15.1 Å². The number of hydrogen-bond donors (Lipinski definition) is 2. The van der Waals surface area contributed by atoms with Crippen molar-refractivity contribution < 1.29 is 9.21 Å². The number of rotatable bonds is 5. The number of hydrogen-bond acceptors (Lipinski definition) is 3. The lowest BCUT2D eigenvalue weighted by Crippen LogP contribution is -2.40. The highest BCUT2D eigenvalue weighted by Gasteiger charge is 2.35. The second-order valence-corrected chi connectivity index (χ2v) is 7.05. The van der Waals surface area contributed by atoms with Crippen LogP contribution in [0.5, 0.6) is 0 Å². The van der Waals surface area contributed by atoms with Gasteiger partial charge in [-0.05, 0) is 31.4 Å². The van der Waals surface area contributed by atoms with Gasteiger partial charge in [0.25, 0.3) is 0 Å². The van der Waals surface area contributed by atoms with E-state index in [0.717, 1.165) is 43.0 Å². The van der Waals surface area contributed by atoms with Crippen molar-refractivity contribution in [2.75, 3.05) is 13.1 Å². The first kappa shape index (κ1) is 16.1. The molecule has 0 aromatic carbocycles. The summed E-state index contributed by atoms with van der Waals surface area (Å²) < 4.78 is 5.82. The van der Waals surface area contributed by atoms with Gasteiger partial charge in [-0.2, -0.15) is 0 Å². The second kappa shape index (κ2) is 6.22. The summed E-state index contributed by atoms with van der Waals surface area (Å²) in [6, 6.07) is 2.14. The van der Waals surface area contributed by atoms with Crippen LogP contribution in [0.3, 0.4) is 0 Å². The maximum absolute atomic E-state index is 12.4. The number of carbonyl (C=O) groups is 1. The Kier molecular flexibility index (Phi) is 4.77. The lowest BCUT2D eigenvalue weighted by molar-refractivity contribution is -0.125. The third-order valence-electron chi connectivity index (χ3n) is 4.20. The van der Waals surface area contributed by atoms with Gasteiger partial charge in [-0.15, -0.1) is 0 Å². The van der Waals surface area contributed by atoms with E-state index >= 15 is 0 Å². The Balaban J connectivity index is 2.10. The summed E-state index contributed by atoms with van der Waals surface area (Å²) in [6.07, 6.45) is 1.90. The zero-order chi connectivity index (χ0) is 15.6. The highest BCUT2D eigenvalue weighted by molar-refractivity contribution is 5.79. The molecule has 2 rings (SSSR count). The second-order valence-electron chi connectivity index (χ2n) is 7.05. The minimum absolute atomic E-state index is 0.0218. The van der Waals surface area contributed by atoms with E-state index in [1.165, 1.54) is 0 Å². The Hall–Kier alpha value is -1.29. The molecule has 1 amide bonds. The van der Waals surface area contributed by atoms with Crippen LogP contribution < -0.4 is 10.6 Å². The molecule has 0 aliphatic heterocycles.